The number of nitrogens with zero attached hydrogens (tertiary/aromatic N) is 1. The van der Waals surface area contributed by atoms with Gasteiger partial charge in [-0.15, -0.1) is 11.3 Å². The summed E-state index contributed by atoms with van der Waals surface area (Å²) in [6.45, 7) is 5.04. The quantitative estimate of drug-likeness (QED) is 0.820. The molecular formula is C12H19F3N2S. The second kappa shape index (κ2) is 7.09. The van der Waals surface area contributed by atoms with E-state index in [2.05, 4.69) is 17.2 Å². The van der Waals surface area contributed by atoms with E-state index in [-0.39, 0.29) is 0 Å². The second-order valence-corrected chi connectivity index (χ2v) is 5.33. The topological polar surface area (TPSA) is 24.9 Å². The van der Waals surface area contributed by atoms with Gasteiger partial charge in [0.2, 0.25) is 0 Å². The van der Waals surface area contributed by atoms with Crippen LogP contribution in [0.2, 0.25) is 0 Å². The molecular weight excluding hydrogens is 261 g/mol. The highest BCUT2D eigenvalue weighted by Gasteiger charge is 2.34. The van der Waals surface area contributed by atoms with E-state index in [1.807, 2.05) is 6.92 Å². The van der Waals surface area contributed by atoms with E-state index in [1.54, 1.807) is 0 Å². The van der Waals surface area contributed by atoms with Crippen LogP contribution in [0.4, 0.5) is 13.2 Å². The molecule has 104 valence electrons. The van der Waals surface area contributed by atoms with E-state index in [1.165, 1.54) is 6.20 Å². The summed E-state index contributed by atoms with van der Waals surface area (Å²) in [6, 6.07) is 0.386. The molecule has 0 fully saturated rings. The van der Waals surface area contributed by atoms with Crippen molar-refractivity contribution in [1.29, 1.82) is 0 Å². The molecule has 0 radical (unpaired) electrons. The van der Waals surface area contributed by atoms with E-state index in [0.717, 1.165) is 37.1 Å². The van der Waals surface area contributed by atoms with E-state index >= 15 is 0 Å². The van der Waals surface area contributed by atoms with E-state index < -0.39 is 11.2 Å². The first kappa shape index (κ1) is 15.4. The summed E-state index contributed by atoms with van der Waals surface area (Å²) >= 11 is 0.754. The maximum atomic E-state index is 12.4. The summed E-state index contributed by atoms with van der Waals surface area (Å²) in [5, 5.41) is 2.61. The molecule has 1 rings (SSSR count). The highest BCUT2D eigenvalue weighted by atomic mass is 32.1. The molecule has 0 bridgehead atoms. The molecule has 0 saturated heterocycles. The summed E-state index contributed by atoms with van der Waals surface area (Å²) in [6.07, 6.45) is 0.690. The molecule has 1 unspecified atom stereocenters. The maximum absolute atomic E-state index is 12.4. The number of thiazole rings is 1. The molecule has 1 aromatic rings. The Morgan fingerprint density at radius 1 is 1.33 bits per heavy atom. The first-order chi connectivity index (χ1) is 8.47. The van der Waals surface area contributed by atoms with Crippen LogP contribution in [0.3, 0.4) is 0 Å². The Kier molecular flexibility index (Phi) is 6.08. The molecule has 0 aliphatic rings. The van der Waals surface area contributed by atoms with Gasteiger partial charge in [0, 0.05) is 17.1 Å². The molecule has 0 saturated carbocycles. The zero-order valence-corrected chi connectivity index (χ0v) is 11.5. The molecule has 18 heavy (non-hydrogen) atoms. The van der Waals surface area contributed by atoms with Crippen LogP contribution < -0.4 is 5.32 Å². The Balaban J connectivity index is 2.49. The Hall–Kier alpha value is -0.620. The van der Waals surface area contributed by atoms with Crippen LogP contribution in [0, 0.1) is 0 Å². The molecule has 0 aromatic carbocycles. The SMILES string of the molecule is CCCC(CCc1cnc(C(F)(F)F)s1)NCC. The fourth-order valence-corrected chi connectivity index (χ4v) is 2.65. The van der Waals surface area contributed by atoms with Gasteiger partial charge in [0.05, 0.1) is 0 Å². The molecule has 0 aliphatic carbocycles. The van der Waals surface area contributed by atoms with Gasteiger partial charge in [-0.05, 0) is 25.8 Å². The van der Waals surface area contributed by atoms with Gasteiger partial charge in [-0.25, -0.2) is 4.98 Å². The van der Waals surface area contributed by atoms with Gasteiger partial charge in [-0.1, -0.05) is 20.3 Å². The normalized spacial score (nSPS) is 13.8. The van der Waals surface area contributed by atoms with Gasteiger partial charge in [-0.3, -0.25) is 0 Å². The van der Waals surface area contributed by atoms with Crippen LogP contribution in [-0.4, -0.2) is 17.6 Å². The lowest BCUT2D eigenvalue weighted by Crippen LogP contribution is -2.29. The molecule has 1 N–H and O–H groups in total. The van der Waals surface area contributed by atoms with Crippen molar-refractivity contribution in [2.75, 3.05) is 6.54 Å². The van der Waals surface area contributed by atoms with Gasteiger partial charge in [0.25, 0.3) is 0 Å². The first-order valence-corrected chi connectivity index (χ1v) is 7.04. The van der Waals surface area contributed by atoms with Gasteiger partial charge < -0.3 is 5.32 Å². The molecule has 1 heterocycles. The number of hydrogen-bond acceptors (Lipinski definition) is 3. The molecule has 1 aromatic heterocycles. The third-order valence-corrected chi connectivity index (χ3v) is 3.77. The average Bonchev–Trinajstić information content (AvgIpc) is 2.75. The Morgan fingerprint density at radius 2 is 2.06 bits per heavy atom. The highest BCUT2D eigenvalue weighted by molar-refractivity contribution is 7.11. The van der Waals surface area contributed by atoms with Crippen LogP contribution in [0.25, 0.3) is 0 Å². The standard InChI is InChI=1S/C12H19F3N2S/c1-3-5-9(16-4-2)6-7-10-8-17-11(18-10)12(13,14)15/h8-9,16H,3-7H2,1-2H3. The largest absolute Gasteiger partial charge is 0.443 e. The smallest absolute Gasteiger partial charge is 0.314 e. The van der Waals surface area contributed by atoms with E-state index in [4.69, 9.17) is 0 Å². The monoisotopic (exact) mass is 280 g/mol. The van der Waals surface area contributed by atoms with Gasteiger partial charge in [0.1, 0.15) is 0 Å². The number of aryl methyl sites for hydroxylation is 1. The minimum atomic E-state index is -4.31. The summed E-state index contributed by atoms with van der Waals surface area (Å²) in [7, 11) is 0. The van der Waals surface area contributed by atoms with Crippen LogP contribution in [0.1, 0.15) is 43.0 Å². The number of aromatic nitrogens is 1. The molecule has 0 spiro atoms. The Labute approximate surface area is 110 Å². The molecule has 0 amide bonds. The van der Waals surface area contributed by atoms with Gasteiger partial charge >= 0.3 is 6.18 Å². The van der Waals surface area contributed by atoms with Crippen molar-refractivity contribution in [1.82, 2.24) is 10.3 Å². The van der Waals surface area contributed by atoms with Crippen LogP contribution in [0.15, 0.2) is 6.20 Å². The molecule has 0 aliphatic heterocycles. The number of hydrogen-bond donors (Lipinski definition) is 1. The predicted octanol–water partition coefficient (Wildman–Crippen LogP) is 3.87. The van der Waals surface area contributed by atoms with Crippen LogP contribution in [-0.2, 0) is 12.6 Å². The van der Waals surface area contributed by atoms with Crippen molar-refractivity contribution in [2.24, 2.45) is 0 Å². The fraction of sp³-hybridized carbons (Fsp3) is 0.750. The minimum Gasteiger partial charge on any atom is -0.314 e. The van der Waals surface area contributed by atoms with Crippen molar-refractivity contribution in [3.05, 3.63) is 16.1 Å². The Morgan fingerprint density at radius 3 is 2.56 bits per heavy atom. The van der Waals surface area contributed by atoms with Crippen molar-refractivity contribution >= 4 is 11.3 Å². The Bertz CT molecular complexity index is 343. The number of halogens is 3. The predicted molar refractivity (Wildman–Crippen MR) is 67.8 cm³/mol. The van der Waals surface area contributed by atoms with Crippen molar-refractivity contribution in [2.45, 2.75) is 51.7 Å². The maximum Gasteiger partial charge on any atom is 0.443 e. The summed E-state index contributed by atoms with van der Waals surface area (Å²) in [5.74, 6) is 0. The lowest BCUT2D eigenvalue weighted by Gasteiger charge is -2.16. The molecule has 1 atom stereocenters. The van der Waals surface area contributed by atoms with Gasteiger partial charge in [0.15, 0.2) is 5.01 Å². The summed E-state index contributed by atoms with van der Waals surface area (Å²) < 4.78 is 37.1. The lowest BCUT2D eigenvalue weighted by atomic mass is 10.1. The van der Waals surface area contributed by atoms with Crippen molar-refractivity contribution < 1.29 is 13.2 Å². The van der Waals surface area contributed by atoms with Crippen LogP contribution in [0.5, 0.6) is 0 Å². The van der Waals surface area contributed by atoms with Gasteiger partial charge in [-0.2, -0.15) is 13.2 Å². The molecule has 6 heteroatoms. The average molecular weight is 280 g/mol. The van der Waals surface area contributed by atoms with Crippen LogP contribution >= 0.6 is 11.3 Å². The van der Waals surface area contributed by atoms with E-state index in [0.29, 0.717) is 17.3 Å². The summed E-state index contributed by atoms with van der Waals surface area (Å²) in [5.41, 5.74) is 0. The lowest BCUT2D eigenvalue weighted by molar-refractivity contribution is -0.137. The first-order valence-electron chi connectivity index (χ1n) is 6.22. The van der Waals surface area contributed by atoms with Crippen molar-refractivity contribution in [3.63, 3.8) is 0 Å². The molecule has 2 nitrogen and oxygen atoms in total. The fourth-order valence-electron chi connectivity index (χ4n) is 1.86. The van der Waals surface area contributed by atoms with E-state index in [9.17, 15) is 13.2 Å². The minimum absolute atomic E-state index is 0.386. The summed E-state index contributed by atoms with van der Waals surface area (Å²) in [4.78, 5) is 4.14. The third kappa shape index (κ3) is 4.94. The highest BCUT2D eigenvalue weighted by Crippen LogP contribution is 2.32. The second-order valence-electron chi connectivity index (χ2n) is 4.21. The van der Waals surface area contributed by atoms with Crippen molar-refractivity contribution in [3.8, 4) is 0 Å². The third-order valence-electron chi connectivity index (χ3n) is 2.67. The number of alkyl halides is 3. The number of nitrogens with one attached hydrogen (secondary N) is 1. The zero-order valence-electron chi connectivity index (χ0n) is 10.7. The number of rotatable bonds is 7. The zero-order chi connectivity index (χ0) is 13.6.